The summed E-state index contributed by atoms with van der Waals surface area (Å²) >= 11 is 0. The Morgan fingerprint density at radius 2 is 1.71 bits per heavy atom. The van der Waals surface area contributed by atoms with E-state index in [0.29, 0.717) is 0 Å². The molecule has 0 heterocycles. The standard InChI is InChI=1S/C18H22FNO/c1-12-5-10-16(21-4)15(11-12)17(20)18(2,3)13-6-8-14(19)9-7-13/h5-11,17H,20H2,1-4H3. The van der Waals surface area contributed by atoms with Crippen molar-refractivity contribution in [1.82, 2.24) is 0 Å². The number of hydrogen-bond donors (Lipinski definition) is 1. The Labute approximate surface area is 125 Å². The van der Waals surface area contributed by atoms with Gasteiger partial charge in [0.15, 0.2) is 0 Å². The number of benzene rings is 2. The van der Waals surface area contributed by atoms with E-state index in [1.165, 1.54) is 12.1 Å². The first-order valence-corrected chi connectivity index (χ1v) is 7.02. The van der Waals surface area contributed by atoms with Crippen molar-refractivity contribution in [3.8, 4) is 5.75 Å². The molecule has 1 unspecified atom stereocenters. The summed E-state index contributed by atoms with van der Waals surface area (Å²) in [5.41, 5.74) is 9.28. The Hall–Kier alpha value is -1.87. The van der Waals surface area contributed by atoms with Crippen LogP contribution in [0.25, 0.3) is 0 Å². The first kappa shape index (κ1) is 15.5. The lowest BCUT2D eigenvalue weighted by atomic mass is 9.75. The van der Waals surface area contributed by atoms with Gasteiger partial charge in [-0.15, -0.1) is 0 Å². The van der Waals surface area contributed by atoms with E-state index in [9.17, 15) is 4.39 Å². The summed E-state index contributed by atoms with van der Waals surface area (Å²) in [6.45, 7) is 6.15. The topological polar surface area (TPSA) is 35.2 Å². The van der Waals surface area contributed by atoms with Gasteiger partial charge in [0.25, 0.3) is 0 Å². The average molecular weight is 287 g/mol. The number of rotatable bonds is 4. The maximum atomic E-state index is 13.1. The molecule has 0 aliphatic carbocycles. The van der Waals surface area contributed by atoms with Crippen molar-refractivity contribution in [2.45, 2.75) is 32.2 Å². The summed E-state index contributed by atoms with van der Waals surface area (Å²) in [6.07, 6.45) is 0. The van der Waals surface area contributed by atoms with Crippen LogP contribution in [0.4, 0.5) is 4.39 Å². The van der Waals surface area contributed by atoms with Gasteiger partial charge in [-0.1, -0.05) is 43.7 Å². The number of methoxy groups -OCH3 is 1. The molecule has 0 amide bonds. The van der Waals surface area contributed by atoms with Crippen LogP contribution < -0.4 is 10.5 Å². The van der Waals surface area contributed by atoms with Crippen molar-refractivity contribution in [3.05, 3.63) is 65.0 Å². The quantitative estimate of drug-likeness (QED) is 0.918. The highest BCUT2D eigenvalue weighted by atomic mass is 19.1. The minimum Gasteiger partial charge on any atom is -0.496 e. The van der Waals surface area contributed by atoms with Crippen molar-refractivity contribution in [3.63, 3.8) is 0 Å². The minimum atomic E-state index is -0.339. The Bertz CT molecular complexity index is 620. The van der Waals surface area contributed by atoms with Crippen LogP contribution >= 0.6 is 0 Å². The zero-order chi connectivity index (χ0) is 15.6. The second kappa shape index (κ2) is 5.86. The molecule has 0 fully saturated rings. The maximum absolute atomic E-state index is 13.1. The molecule has 2 rings (SSSR count). The Morgan fingerprint density at radius 1 is 1.10 bits per heavy atom. The SMILES string of the molecule is COc1ccc(C)cc1C(N)C(C)(C)c1ccc(F)cc1. The minimum absolute atomic E-state index is 0.240. The Morgan fingerprint density at radius 3 is 2.29 bits per heavy atom. The van der Waals surface area contributed by atoms with Crippen LogP contribution in [0.1, 0.15) is 36.6 Å². The fourth-order valence-corrected chi connectivity index (χ4v) is 2.54. The third-order valence-electron chi connectivity index (χ3n) is 4.09. The molecule has 0 spiro atoms. The molecule has 21 heavy (non-hydrogen) atoms. The van der Waals surface area contributed by atoms with Crippen LogP contribution in [0.3, 0.4) is 0 Å². The van der Waals surface area contributed by atoms with Gasteiger partial charge in [0.05, 0.1) is 7.11 Å². The van der Waals surface area contributed by atoms with Gasteiger partial charge in [0.2, 0.25) is 0 Å². The second-order valence-electron chi connectivity index (χ2n) is 5.95. The van der Waals surface area contributed by atoms with Crippen LogP contribution in [0.15, 0.2) is 42.5 Å². The number of hydrogen-bond acceptors (Lipinski definition) is 2. The molecule has 0 aromatic heterocycles. The molecule has 0 bridgehead atoms. The van der Waals surface area contributed by atoms with Crippen molar-refractivity contribution >= 4 is 0 Å². The maximum Gasteiger partial charge on any atom is 0.123 e. The molecule has 0 aliphatic heterocycles. The average Bonchev–Trinajstić information content (AvgIpc) is 2.46. The first-order valence-electron chi connectivity index (χ1n) is 7.02. The van der Waals surface area contributed by atoms with Gasteiger partial charge in [-0.25, -0.2) is 4.39 Å². The van der Waals surface area contributed by atoms with Crippen LogP contribution in [-0.4, -0.2) is 7.11 Å². The van der Waals surface area contributed by atoms with Gasteiger partial charge >= 0.3 is 0 Å². The second-order valence-corrected chi connectivity index (χ2v) is 5.95. The van der Waals surface area contributed by atoms with Crippen LogP contribution in [-0.2, 0) is 5.41 Å². The summed E-state index contributed by atoms with van der Waals surface area (Å²) in [7, 11) is 1.64. The zero-order valence-electron chi connectivity index (χ0n) is 13.0. The van der Waals surface area contributed by atoms with E-state index in [0.717, 1.165) is 22.4 Å². The molecule has 0 radical (unpaired) electrons. The highest BCUT2D eigenvalue weighted by Crippen LogP contribution is 2.39. The summed E-state index contributed by atoms with van der Waals surface area (Å²) in [5.74, 6) is 0.541. The van der Waals surface area contributed by atoms with Crippen LogP contribution in [0, 0.1) is 12.7 Å². The van der Waals surface area contributed by atoms with E-state index in [2.05, 4.69) is 19.9 Å². The lowest BCUT2D eigenvalue weighted by Crippen LogP contribution is -2.33. The molecule has 0 saturated heterocycles. The lowest BCUT2D eigenvalue weighted by molar-refractivity contribution is 0.376. The fourth-order valence-electron chi connectivity index (χ4n) is 2.54. The molecular weight excluding hydrogens is 265 g/mol. The van der Waals surface area contributed by atoms with Gasteiger partial charge in [-0.3, -0.25) is 0 Å². The molecule has 2 aromatic carbocycles. The van der Waals surface area contributed by atoms with E-state index in [1.807, 2.05) is 19.1 Å². The van der Waals surface area contributed by atoms with E-state index in [4.69, 9.17) is 10.5 Å². The highest BCUT2D eigenvalue weighted by Gasteiger charge is 2.31. The Balaban J connectivity index is 2.44. The number of nitrogens with two attached hydrogens (primary N) is 1. The number of ether oxygens (including phenoxy) is 1. The van der Waals surface area contributed by atoms with E-state index in [1.54, 1.807) is 19.2 Å². The van der Waals surface area contributed by atoms with E-state index in [-0.39, 0.29) is 17.3 Å². The monoisotopic (exact) mass is 287 g/mol. The van der Waals surface area contributed by atoms with Crippen molar-refractivity contribution in [1.29, 1.82) is 0 Å². The van der Waals surface area contributed by atoms with Gasteiger partial charge in [-0.05, 0) is 30.7 Å². The molecule has 112 valence electrons. The molecule has 2 N–H and O–H groups in total. The van der Waals surface area contributed by atoms with Gasteiger partial charge in [-0.2, -0.15) is 0 Å². The zero-order valence-corrected chi connectivity index (χ0v) is 13.0. The predicted molar refractivity (Wildman–Crippen MR) is 84.1 cm³/mol. The lowest BCUT2D eigenvalue weighted by Gasteiger charge is -2.33. The summed E-state index contributed by atoms with van der Waals surface area (Å²) in [5, 5.41) is 0. The van der Waals surface area contributed by atoms with Gasteiger partial charge in [0.1, 0.15) is 11.6 Å². The van der Waals surface area contributed by atoms with E-state index >= 15 is 0 Å². The first-order chi connectivity index (χ1) is 9.86. The van der Waals surface area contributed by atoms with Gasteiger partial charge in [0, 0.05) is 17.0 Å². The highest BCUT2D eigenvalue weighted by molar-refractivity contribution is 5.42. The van der Waals surface area contributed by atoms with Crippen molar-refractivity contribution < 1.29 is 9.13 Å². The fraction of sp³-hybridized carbons (Fsp3) is 0.333. The van der Waals surface area contributed by atoms with Gasteiger partial charge < -0.3 is 10.5 Å². The predicted octanol–water partition coefficient (Wildman–Crippen LogP) is 4.12. The molecule has 2 aromatic rings. The third kappa shape index (κ3) is 3.08. The van der Waals surface area contributed by atoms with Crippen molar-refractivity contribution in [2.75, 3.05) is 7.11 Å². The molecule has 3 heteroatoms. The molecule has 1 atom stereocenters. The molecule has 0 saturated carbocycles. The van der Waals surface area contributed by atoms with E-state index < -0.39 is 0 Å². The smallest absolute Gasteiger partial charge is 0.123 e. The van der Waals surface area contributed by atoms with Crippen LogP contribution in [0.2, 0.25) is 0 Å². The summed E-state index contributed by atoms with van der Waals surface area (Å²) < 4.78 is 18.6. The summed E-state index contributed by atoms with van der Waals surface area (Å²) in [4.78, 5) is 0. The molecule has 2 nitrogen and oxygen atoms in total. The largest absolute Gasteiger partial charge is 0.496 e. The van der Waals surface area contributed by atoms with Crippen molar-refractivity contribution in [2.24, 2.45) is 5.73 Å². The normalized spacial score (nSPS) is 13.0. The third-order valence-corrected chi connectivity index (χ3v) is 4.09. The van der Waals surface area contributed by atoms with Crippen LogP contribution in [0.5, 0.6) is 5.75 Å². The summed E-state index contributed by atoms with van der Waals surface area (Å²) in [6, 6.07) is 12.3. The molecule has 0 aliphatic rings. The Kier molecular flexibility index (Phi) is 4.33. The number of halogens is 1. The molecular formula is C18H22FNO. The number of aryl methyl sites for hydroxylation is 1.